The average molecular weight is 258 g/mol. The quantitative estimate of drug-likeness (QED) is 0.846. The third-order valence-electron chi connectivity index (χ3n) is 3.78. The van der Waals surface area contributed by atoms with Crippen LogP contribution in [0.1, 0.15) is 30.4 Å². The first kappa shape index (κ1) is 13.8. The summed E-state index contributed by atoms with van der Waals surface area (Å²) in [7, 11) is 0. The monoisotopic (exact) mass is 258 g/mol. The molecule has 1 aliphatic rings. The third kappa shape index (κ3) is 3.44. The van der Waals surface area contributed by atoms with Crippen LogP contribution in [0, 0.1) is 6.92 Å². The molecule has 1 heterocycles. The molecule has 102 valence electrons. The molecule has 2 N–H and O–H groups in total. The van der Waals surface area contributed by atoms with Crippen molar-refractivity contribution in [1.82, 2.24) is 4.90 Å². The lowest BCUT2D eigenvalue weighted by Crippen LogP contribution is -2.46. The van der Waals surface area contributed by atoms with Gasteiger partial charge in [0, 0.05) is 25.2 Å². The number of aryl methyl sites for hydroxylation is 1. The minimum atomic E-state index is 0.0819. The minimum Gasteiger partial charge on any atom is -0.335 e. The van der Waals surface area contributed by atoms with Crippen LogP contribution in [-0.2, 0) is 4.79 Å². The van der Waals surface area contributed by atoms with Crippen molar-refractivity contribution in [1.29, 1.82) is 0 Å². The number of rotatable bonds is 3. The maximum atomic E-state index is 12.2. The van der Waals surface area contributed by atoms with E-state index >= 15 is 0 Å². The Bertz CT molecular complexity index is 468. The fraction of sp³-hybridized carbons (Fsp3) is 0.438. The van der Waals surface area contributed by atoms with E-state index in [4.69, 9.17) is 5.73 Å². The van der Waals surface area contributed by atoms with Gasteiger partial charge in [-0.2, -0.15) is 0 Å². The van der Waals surface area contributed by atoms with Crippen molar-refractivity contribution in [2.75, 3.05) is 13.1 Å². The van der Waals surface area contributed by atoms with Gasteiger partial charge in [-0.3, -0.25) is 4.79 Å². The highest BCUT2D eigenvalue weighted by molar-refractivity contribution is 5.92. The molecule has 1 aliphatic heterocycles. The normalized spacial score (nSPS) is 19.9. The number of hydrogen-bond donors (Lipinski definition) is 1. The number of carbonyl (C=O) groups is 1. The highest BCUT2D eigenvalue weighted by Gasteiger charge is 2.23. The van der Waals surface area contributed by atoms with Crippen molar-refractivity contribution in [3.63, 3.8) is 0 Å². The molecule has 1 unspecified atom stereocenters. The molecule has 0 saturated carbocycles. The number of benzene rings is 1. The van der Waals surface area contributed by atoms with Gasteiger partial charge >= 0.3 is 0 Å². The molecule has 0 radical (unpaired) electrons. The number of carbonyl (C=O) groups excluding carboxylic acids is 1. The SMILES string of the molecule is Cc1ccccc1C=CC(=O)N1CCCCC1CN. The maximum absolute atomic E-state index is 12.2. The fourth-order valence-corrected chi connectivity index (χ4v) is 2.57. The first-order valence-electron chi connectivity index (χ1n) is 6.96. The van der Waals surface area contributed by atoms with Crippen LogP contribution in [0.2, 0.25) is 0 Å². The number of piperidine rings is 1. The minimum absolute atomic E-state index is 0.0819. The molecular formula is C16H22N2O. The summed E-state index contributed by atoms with van der Waals surface area (Å²) in [6, 6.07) is 8.27. The molecule has 1 aromatic carbocycles. The average Bonchev–Trinajstić information content (AvgIpc) is 2.46. The standard InChI is InChI=1S/C16H22N2O/c1-13-6-2-3-7-14(13)9-10-16(19)18-11-5-4-8-15(18)12-17/h2-3,6-7,9-10,15H,4-5,8,11-12,17H2,1H3. The molecule has 0 aromatic heterocycles. The Kier molecular flexibility index (Phi) is 4.74. The highest BCUT2D eigenvalue weighted by atomic mass is 16.2. The Morgan fingerprint density at radius 1 is 1.42 bits per heavy atom. The molecule has 1 amide bonds. The molecule has 3 nitrogen and oxygen atoms in total. The van der Waals surface area contributed by atoms with Crippen LogP contribution in [0.5, 0.6) is 0 Å². The van der Waals surface area contributed by atoms with E-state index in [1.165, 1.54) is 12.0 Å². The van der Waals surface area contributed by atoms with Crippen LogP contribution in [0.3, 0.4) is 0 Å². The van der Waals surface area contributed by atoms with Crippen molar-refractivity contribution in [2.45, 2.75) is 32.2 Å². The van der Waals surface area contributed by atoms with E-state index in [-0.39, 0.29) is 11.9 Å². The van der Waals surface area contributed by atoms with E-state index in [9.17, 15) is 4.79 Å². The Morgan fingerprint density at radius 2 is 2.21 bits per heavy atom. The van der Waals surface area contributed by atoms with Crippen LogP contribution >= 0.6 is 0 Å². The molecule has 1 saturated heterocycles. The largest absolute Gasteiger partial charge is 0.335 e. The molecule has 0 aliphatic carbocycles. The third-order valence-corrected chi connectivity index (χ3v) is 3.78. The Balaban J connectivity index is 2.06. The fourth-order valence-electron chi connectivity index (χ4n) is 2.57. The zero-order valence-corrected chi connectivity index (χ0v) is 11.5. The van der Waals surface area contributed by atoms with Crippen LogP contribution < -0.4 is 5.73 Å². The van der Waals surface area contributed by atoms with Gasteiger partial charge in [-0.05, 0) is 43.4 Å². The van der Waals surface area contributed by atoms with Gasteiger partial charge in [-0.1, -0.05) is 24.3 Å². The molecule has 1 fully saturated rings. The first-order valence-corrected chi connectivity index (χ1v) is 6.96. The van der Waals surface area contributed by atoms with E-state index in [2.05, 4.69) is 0 Å². The topological polar surface area (TPSA) is 46.3 Å². The van der Waals surface area contributed by atoms with Gasteiger partial charge in [-0.15, -0.1) is 0 Å². The van der Waals surface area contributed by atoms with Crippen molar-refractivity contribution < 1.29 is 4.79 Å². The summed E-state index contributed by atoms with van der Waals surface area (Å²) < 4.78 is 0. The second kappa shape index (κ2) is 6.53. The lowest BCUT2D eigenvalue weighted by atomic mass is 10.0. The van der Waals surface area contributed by atoms with Gasteiger partial charge in [-0.25, -0.2) is 0 Å². The van der Waals surface area contributed by atoms with E-state index in [0.29, 0.717) is 6.54 Å². The highest BCUT2D eigenvalue weighted by Crippen LogP contribution is 2.17. The number of nitrogens with two attached hydrogens (primary N) is 1. The van der Waals surface area contributed by atoms with Gasteiger partial charge in [0.2, 0.25) is 5.91 Å². The molecule has 2 rings (SSSR count). The lowest BCUT2D eigenvalue weighted by Gasteiger charge is -2.34. The van der Waals surface area contributed by atoms with Crippen molar-refractivity contribution in [3.8, 4) is 0 Å². The first-order chi connectivity index (χ1) is 9.22. The van der Waals surface area contributed by atoms with E-state index in [1.807, 2.05) is 42.2 Å². The van der Waals surface area contributed by atoms with Crippen molar-refractivity contribution >= 4 is 12.0 Å². The van der Waals surface area contributed by atoms with E-state index in [1.54, 1.807) is 6.08 Å². The van der Waals surface area contributed by atoms with Gasteiger partial charge in [0.05, 0.1) is 0 Å². The van der Waals surface area contributed by atoms with Gasteiger partial charge in [0.15, 0.2) is 0 Å². The summed E-state index contributed by atoms with van der Waals surface area (Å²) in [5.41, 5.74) is 8.02. The Hall–Kier alpha value is -1.61. The number of hydrogen-bond acceptors (Lipinski definition) is 2. The summed E-state index contributed by atoms with van der Waals surface area (Å²) in [6.45, 7) is 3.44. The maximum Gasteiger partial charge on any atom is 0.246 e. The van der Waals surface area contributed by atoms with E-state index in [0.717, 1.165) is 24.9 Å². The van der Waals surface area contributed by atoms with Crippen molar-refractivity contribution in [3.05, 3.63) is 41.5 Å². The van der Waals surface area contributed by atoms with Gasteiger partial charge < -0.3 is 10.6 Å². The van der Waals surface area contributed by atoms with Gasteiger partial charge in [0.1, 0.15) is 0 Å². The summed E-state index contributed by atoms with van der Waals surface area (Å²) >= 11 is 0. The van der Waals surface area contributed by atoms with Crippen LogP contribution in [0.25, 0.3) is 6.08 Å². The van der Waals surface area contributed by atoms with Crippen LogP contribution in [0.15, 0.2) is 30.3 Å². The molecule has 3 heteroatoms. The number of amides is 1. The zero-order chi connectivity index (χ0) is 13.7. The number of nitrogens with zero attached hydrogens (tertiary/aromatic N) is 1. The second-order valence-corrected chi connectivity index (χ2v) is 5.11. The van der Waals surface area contributed by atoms with Crippen LogP contribution in [0.4, 0.5) is 0 Å². The Morgan fingerprint density at radius 3 is 2.95 bits per heavy atom. The van der Waals surface area contributed by atoms with E-state index < -0.39 is 0 Å². The van der Waals surface area contributed by atoms with Crippen LogP contribution in [-0.4, -0.2) is 29.9 Å². The lowest BCUT2D eigenvalue weighted by molar-refractivity contribution is -0.129. The molecule has 1 aromatic rings. The summed E-state index contributed by atoms with van der Waals surface area (Å²) in [5, 5.41) is 0. The van der Waals surface area contributed by atoms with Gasteiger partial charge in [0.25, 0.3) is 0 Å². The summed E-state index contributed by atoms with van der Waals surface area (Å²) in [6.07, 6.45) is 6.87. The predicted molar refractivity (Wildman–Crippen MR) is 78.6 cm³/mol. The Labute approximate surface area is 115 Å². The smallest absolute Gasteiger partial charge is 0.246 e. The molecule has 1 atom stereocenters. The summed E-state index contributed by atoms with van der Waals surface area (Å²) in [5.74, 6) is 0.0819. The summed E-state index contributed by atoms with van der Waals surface area (Å²) in [4.78, 5) is 14.2. The molecule has 0 bridgehead atoms. The second-order valence-electron chi connectivity index (χ2n) is 5.11. The molecular weight excluding hydrogens is 236 g/mol. The number of likely N-dealkylation sites (tertiary alicyclic amines) is 1. The predicted octanol–water partition coefficient (Wildman–Crippen LogP) is 2.35. The zero-order valence-electron chi connectivity index (χ0n) is 11.5. The molecule has 0 spiro atoms. The van der Waals surface area contributed by atoms with Crippen molar-refractivity contribution in [2.24, 2.45) is 5.73 Å². The molecule has 19 heavy (non-hydrogen) atoms.